The molecule has 75 heavy (non-hydrogen) atoms. The minimum Gasteiger partial charge on any atom is -0.344 e. The lowest BCUT2D eigenvalue weighted by Crippen LogP contribution is -2.57. The van der Waals surface area contributed by atoms with Crippen LogP contribution in [-0.2, 0) is 32.0 Å². The third-order valence-electron chi connectivity index (χ3n) is 16.5. The van der Waals surface area contributed by atoms with Crippen LogP contribution in [0.3, 0.4) is 0 Å². The lowest BCUT2D eigenvalue weighted by atomic mass is 9.83. The van der Waals surface area contributed by atoms with Crippen molar-refractivity contribution in [3.05, 3.63) is 119 Å². The zero-order valence-corrected chi connectivity index (χ0v) is 45.4. The van der Waals surface area contributed by atoms with Gasteiger partial charge in [-0.3, -0.25) is 28.8 Å². The van der Waals surface area contributed by atoms with E-state index in [-0.39, 0.29) is 53.6 Å². The number of likely N-dealkylation sites (tertiary alicyclic amines) is 2. The second-order valence-corrected chi connectivity index (χ2v) is 21.8. The highest BCUT2D eigenvalue weighted by Gasteiger charge is 2.41. The Morgan fingerprint density at radius 1 is 0.627 bits per heavy atom. The first kappa shape index (κ1) is 56.8. The predicted molar refractivity (Wildman–Crippen MR) is 298 cm³/mol. The summed E-state index contributed by atoms with van der Waals surface area (Å²) < 4.78 is 0. The highest BCUT2D eigenvalue weighted by Crippen LogP contribution is 2.32. The van der Waals surface area contributed by atoms with Crippen LogP contribution in [0.5, 0.6) is 0 Å². The van der Waals surface area contributed by atoms with Crippen molar-refractivity contribution in [1.82, 2.24) is 35.6 Å². The summed E-state index contributed by atoms with van der Waals surface area (Å²) >= 11 is 0. The average Bonchev–Trinajstić information content (AvgIpc) is 4.14. The molecule has 4 aromatic rings. The van der Waals surface area contributed by atoms with E-state index in [2.05, 4.69) is 75.3 Å². The first-order valence-corrected chi connectivity index (χ1v) is 28.4. The number of hydrogen-bond donors (Lipinski definition) is 3. The van der Waals surface area contributed by atoms with Crippen molar-refractivity contribution in [2.75, 3.05) is 53.4 Å². The summed E-state index contributed by atoms with van der Waals surface area (Å²) in [6, 6.07) is 30.6. The molecule has 8 rings (SSSR count). The van der Waals surface area contributed by atoms with Crippen molar-refractivity contribution < 1.29 is 28.8 Å². The molecule has 2 saturated heterocycles. The fourth-order valence-electron chi connectivity index (χ4n) is 11.9. The number of carbonyl (C=O) groups excluding carboxylic acids is 6. The van der Waals surface area contributed by atoms with Crippen molar-refractivity contribution in [3.8, 4) is 0 Å². The molecular weight excluding hydrogens is 939 g/mol. The Kier molecular flexibility index (Phi) is 21.8. The molecule has 0 bridgehead atoms. The second kappa shape index (κ2) is 28.8. The fourth-order valence-corrected chi connectivity index (χ4v) is 11.9. The molecule has 4 unspecified atom stereocenters. The Balaban J connectivity index is 0.000000237. The van der Waals surface area contributed by atoms with Crippen molar-refractivity contribution in [3.63, 3.8) is 0 Å². The molecule has 0 spiro atoms. The first-order chi connectivity index (χ1) is 36.5. The highest BCUT2D eigenvalue weighted by molar-refractivity contribution is 5.99. The molecule has 13 heteroatoms. The van der Waals surface area contributed by atoms with Gasteiger partial charge in [-0.15, -0.1) is 0 Å². The van der Waals surface area contributed by atoms with E-state index in [0.717, 1.165) is 119 Å². The molecule has 5 amide bonds. The van der Waals surface area contributed by atoms with Crippen LogP contribution in [0, 0.1) is 11.8 Å². The quantitative estimate of drug-likeness (QED) is 0.0703. The molecule has 0 radical (unpaired) electrons. The topological polar surface area (TPSA) is 151 Å². The number of amides is 5. The van der Waals surface area contributed by atoms with Gasteiger partial charge in [0.25, 0.3) is 5.91 Å². The Hall–Kier alpha value is -5.92. The van der Waals surface area contributed by atoms with Gasteiger partial charge in [0.2, 0.25) is 23.6 Å². The van der Waals surface area contributed by atoms with Crippen LogP contribution in [0.1, 0.15) is 142 Å². The van der Waals surface area contributed by atoms with Gasteiger partial charge in [-0.1, -0.05) is 124 Å². The zero-order valence-electron chi connectivity index (χ0n) is 45.4. The predicted octanol–water partition coefficient (Wildman–Crippen LogP) is 8.63. The summed E-state index contributed by atoms with van der Waals surface area (Å²) in [5, 5.41) is 11.0. The molecule has 404 valence electrons. The third kappa shape index (κ3) is 16.1. The first-order valence-electron chi connectivity index (χ1n) is 28.4. The van der Waals surface area contributed by atoms with E-state index in [1.54, 1.807) is 20.0 Å². The molecule has 4 fully saturated rings. The van der Waals surface area contributed by atoms with Gasteiger partial charge in [0.05, 0.1) is 6.04 Å². The zero-order chi connectivity index (χ0) is 53.1. The third-order valence-corrected chi connectivity index (χ3v) is 16.5. The van der Waals surface area contributed by atoms with Crippen molar-refractivity contribution in [2.24, 2.45) is 11.8 Å². The molecule has 2 aliphatic heterocycles. The second-order valence-electron chi connectivity index (χ2n) is 21.8. The minimum atomic E-state index is -0.556. The Labute approximate surface area is 446 Å². The Morgan fingerprint density at radius 3 is 1.69 bits per heavy atom. The molecule has 5 atom stereocenters. The van der Waals surface area contributed by atoms with Crippen LogP contribution in [0.25, 0.3) is 10.8 Å². The molecule has 4 aliphatic rings. The number of carbonyl (C=O) groups is 6. The van der Waals surface area contributed by atoms with Crippen LogP contribution in [-0.4, -0.2) is 139 Å². The van der Waals surface area contributed by atoms with Crippen molar-refractivity contribution in [2.45, 2.75) is 153 Å². The molecule has 2 heterocycles. The number of likely N-dealkylation sites (N-methyl/N-ethyl adjacent to an activating group) is 2. The van der Waals surface area contributed by atoms with Crippen molar-refractivity contribution in [1.29, 1.82) is 0 Å². The minimum absolute atomic E-state index is 0.00495. The number of hydrogen-bond acceptors (Lipinski definition) is 8. The summed E-state index contributed by atoms with van der Waals surface area (Å²) in [6.45, 7) is 7.95. The van der Waals surface area contributed by atoms with Crippen LogP contribution < -0.4 is 16.0 Å². The largest absolute Gasteiger partial charge is 0.344 e. The number of nitrogens with zero attached hydrogens (tertiary/aromatic N) is 4. The lowest BCUT2D eigenvalue weighted by molar-refractivity contribution is -0.139. The normalized spacial score (nSPS) is 19.4. The number of benzene rings is 4. The van der Waals surface area contributed by atoms with E-state index >= 15 is 0 Å². The molecular formula is C62H85N7O6. The number of fused-ring (bicyclic) bond motifs is 1. The van der Waals surface area contributed by atoms with E-state index in [9.17, 15) is 28.8 Å². The maximum absolute atomic E-state index is 14.3. The van der Waals surface area contributed by atoms with Gasteiger partial charge in [0, 0.05) is 68.9 Å². The highest BCUT2D eigenvalue weighted by atomic mass is 16.2. The van der Waals surface area contributed by atoms with Gasteiger partial charge in [-0.2, -0.15) is 0 Å². The number of nitrogens with one attached hydrogen (secondary N) is 3. The summed E-state index contributed by atoms with van der Waals surface area (Å²) in [5.74, 6) is 0.304. The average molecular weight is 1020 g/mol. The van der Waals surface area contributed by atoms with E-state index in [4.69, 9.17) is 0 Å². The van der Waals surface area contributed by atoms with Crippen LogP contribution in [0.15, 0.2) is 97.1 Å². The number of rotatable bonds is 21. The molecule has 2 saturated carbocycles. The molecule has 4 aromatic carbocycles. The molecule has 0 aromatic heterocycles. The van der Waals surface area contributed by atoms with E-state index < -0.39 is 12.1 Å². The standard InChI is InChI=1S/C37H46N4O4.C25H39N3O2/c1-26(38-2)35(43)39-34(29-12-7-4-8-13-29)37(45)41-20-9-14-33(41)24-40(21-19-27-10-5-3-6-11-27)36(44)32-18-17-30-22-28(25-42)15-16-31(30)23-32;1-3-23(29)26-24(21-13-8-5-9-14-21)25(30)28-17-10-15-22(28)19-27(2)18-16-20-11-6-4-7-12-20/h3,5-6,10-11,15-18,22-23,25-26,29,33-34,38H,4,7-9,12-14,19-21,24H2,1-2H3,(H,39,43);4,6-7,11-12,21-22,24H,3,5,8-10,13-19H2,1-2H3,(H,26,29)/t26-,33?,34?;/m0./s1. The van der Waals surface area contributed by atoms with Gasteiger partial charge < -0.3 is 35.6 Å². The van der Waals surface area contributed by atoms with Gasteiger partial charge >= 0.3 is 0 Å². The Morgan fingerprint density at radius 2 is 1.15 bits per heavy atom. The smallest absolute Gasteiger partial charge is 0.253 e. The van der Waals surface area contributed by atoms with Gasteiger partial charge in [-0.05, 0) is 137 Å². The van der Waals surface area contributed by atoms with Gasteiger partial charge in [-0.25, -0.2) is 0 Å². The van der Waals surface area contributed by atoms with Gasteiger partial charge in [0.15, 0.2) is 0 Å². The summed E-state index contributed by atoms with van der Waals surface area (Å²) in [6.07, 6.45) is 17.6. The fraction of sp³-hybridized carbons (Fsp3) is 0.548. The van der Waals surface area contributed by atoms with Crippen LogP contribution in [0.2, 0.25) is 0 Å². The molecule has 13 nitrogen and oxygen atoms in total. The van der Waals surface area contributed by atoms with Gasteiger partial charge in [0.1, 0.15) is 18.4 Å². The summed E-state index contributed by atoms with van der Waals surface area (Å²) in [7, 11) is 3.90. The van der Waals surface area contributed by atoms with Crippen LogP contribution >= 0.6 is 0 Å². The van der Waals surface area contributed by atoms with Crippen LogP contribution in [0.4, 0.5) is 0 Å². The monoisotopic (exact) mass is 1020 g/mol. The summed E-state index contributed by atoms with van der Waals surface area (Å²) in [4.78, 5) is 86.6. The Bertz CT molecular complexity index is 2480. The van der Waals surface area contributed by atoms with E-state index in [1.165, 1.54) is 24.8 Å². The maximum atomic E-state index is 14.3. The van der Waals surface area contributed by atoms with E-state index in [0.29, 0.717) is 49.5 Å². The molecule has 3 N–H and O–H groups in total. The summed E-state index contributed by atoms with van der Waals surface area (Å²) in [5.41, 5.74) is 3.68. The molecule has 2 aliphatic carbocycles. The van der Waals surface area contributed by atoms with Crippen molar-refractivity contribution >= 4 is 46.6 Å². The SMILES string of the molecule is CCC(=O)NC(C(=O)N1CCCC1CN(C)CCc1ccccc1)C1CCCCC1.CN[C@@H](C)C(=O)NC(C(=O)N1CCCC1CN(CCc1ccccc1)C(=O)c1ccc2cc(C=O)ccc2c1)C1CCCCC1. The number of aldehydes is 1. The maximum Gasteiger partial charge on any atom is 0.253 e. The lowest BCUT2D eigenvalue weighted by Gasteiger charge is -2.37. The van der Waals surface area contributed by atoms with E-state index in [1.807, 2.05) is 65.3 Å².